The van der Waals surface area contributed by atoms with Gasteiger partial charge >= 0.3 is 0 Å². The molecular weight excluding hydrogens is 220 g/mol. The van der Waals surface area contributed by atoms with Crippen molar-refractivity contribution in [1.82, 2.24) is 5.43 Å². The summed E-state index contributed by atoms with van der Waals surface area (Å²) in [4.78, 5) is 12.3. The Morgan fingerprint density at radius 3 is 3.25 bits per heavy atom. The van der Waals surface area contributed by atoms with Crippen molar-refractivity contribution in [2.24, 2.45) is 16.9 Å². The highest BCUT2D eigenvalue weighted by Crippen LogP contribution is 2.40. The lowest BCUT2D eigenvalue weighted by Crippen LogP contribution is -2.35. The van der Waals surface area contributed by atoms with Crippen LogP contribution in [-0.4, -0.2) is 11.6 Å². The molecule has 0 aliphatic heterocycles. The standard InChI is InChI=1S/C12H12N2OS/c15-12(11-5-2-6-16-11)14-13-10-7-8-3-1-4-9(8)10/h1-3,5-6,8-9H,4,7H2,(H,14,15)/b13-10+/t8-,9+/m0/s1. The maximum absolute atomic E-state index is 11.6. The lowest BCUT2D eigenvalue weighted by Gasteiger charge is -2.31. The van der Waals surface area contributed by atoms with Gasteiger partial charge in [0, 0.05) is 11.6 Å². The number of rotatable bonds is 2. The molecule has 1 aromatic rings. The second-order valence-electron chi connectivity index (χ2n) is 4.16. The Bertz CT molecular complexity index is 461. The van der Waals surface area contributed by atoms with Crippen molar-refractivity contribution in [3.63, 3.8) is 0 Å². The molecular formula is C12H12N2OS. The predicted molar refractivity (Wildman–Crippen MR) is 64.6 cm³/mol. The van der Waals surface area contributed by atoms with Gasteiger partial charge in [-0.2, -0.15) is 5.10 Å². The Morgan fingerprint density at radius 1 is 1.56 bits per heavy atom. The minimum atomic E-state index is -0.100. The van der Waals surface area contributed by atoms with Crippen LogP contribution in [0.15, 0.2) is 34.8 Å². The van der Waals surface area contributed by atoms with Crippen LogP contribution in [0.5, 0.6) is 0 Å². The summed E-state index contributed by atoms with van der Waals surface area (Å²) in [6.45, 7) is 0. The molecule has 82 valence electrons. The third kappa shape index (κ3) is 1.59. The van der Waals surface area contributed by atoms with Crippen molar-refractivity contribution >= 4 is 23.0 Å². The molecule has 1 aromatic heterocycles. The first kappa shape index (κ1) is 9.78. The molecule has 3 nitrogen and oxygen atoms in total. The summed E-state index contributed by atoms with van der Waals surface area (Å²) in [6.07, 6.45) is 6.55. The van der Waals surface area contributed by atoms with E-state index in [2.05, 4.69) is 22.7 Å². The van der Waals surface area contributed by atoms with Crippen molar-refractivity contribution in [2.75, 3.05) is 0 Å². The van der Waals surface area contributed by atoms with Crippen LogP contribution in [0.1, 0.15) is 22.5 Å². The molecule has 4 heteroatoms. The molecule has 16 heavy (non-hydrogen) atoms. The summed E-state index contributed by atoms with van der Waals surface area (Å²) in [7, 11) is 0. The van der Waals surface area contributed by atoms with Crippen LogP contribution in [0.4, 0.5) is 0 Å². The van der Waals surface area contributed by atoms with Crippen molar-refractivity contribution in [2.45, 2.75) is 12.8 Å². The number of hydrogen-bond donors (Lipinski definition) is 1. The lowest BCUT2D eigenvalue weighted by molar-refractivity contribution is 0.0958. The zero-order valence-electron chi connectivity index (χ0n) is 8.72. The SMILES string of the molecule is O=C(N/N=C1\C[C@@H]2C=CC[C@@H]12)c1cccs1. The molecule has 0 aromatic carbocycles. The topological polar surface area (TPSA) is 41.5 Å². The van der Waals surface area contributed by atoms with Gasteiger partial charge in [-0.05, 0) is 30.2 Å². The lowest BCUT2D eigenvalue weighted by atomic mass is 9.74. The predicted octanol–water partition coefficient (Wildman–Crippen LogP) is 2.43. The maximum atomic E-state index is 11.6. The van der Waals surface area contributed by atoms with Crippen molar-refractivity contribution in [3.8, 4) is 0 Å². The number of hydrogen-bond acceptors (Lipinski definition) is 3. The highest BCUT2D eigenvalue weighted by atomic mass is 32.1. The summed E-state index contributed by atoms with van der Waals surface area (Å²) in [5, 5.41) is 6.10. The van der Waals surface area contributed by atoms with E-state index in [0.717, 1.165) is 18.6 Å². The zero-order chi connectivity index (χ0) is 11.0. The van der Waals surface area contributed by atoms with Gasteiger partial charge in [0.15, 0.2) is 0 Å². The van der Waals surface area contributed by atoms with Crippen molar-refractivity contribution in [1.29, 1.82) is 0 Å². The number of carbonyl (C=O) groups excluding carboxylic acids is 1. The maximum Gasteiger partial charge on any atom is 0.281 e. The number of amides is 1. The van der Waals surface area contributed by atoms with Gasteiger partial charge in [0.25, 0.3) is 5.91 Å². The average molecular weight is 232 g/mol. The van der Waals surface area contributed by atoms with E-state index >= 15 is 0 Å². The van der Waals surface area contributed by atoms with Crippen LogP contribution in [0.25, 0.3) is 0 Å². The minimum absolute atomic E-state index is 0.100. The van der Waals surface area contributed by atoms with Crippen molar-refractivity contribution in [3.05, 3.63) is 34.5 Å². The van der Waals surface area contributed by atoms with Gasteiger partial charge in [-0.3, -0.25) is 4.79 Å². The van der Waals surface area contributed by atoms with Crippen LogP contribution < -0.4 is 5.43 Å². The molecule has 0 unspecified atom stereocenters. The first-order valence-corrected chi connectivity index (χ1v) is 6.29. The first-order chi connectivity index (χ1) is 7.84. The normalized spacial score (nSPS) is 28.9. The highest BCUT2D eigenvalue weighted by Gasteiger charge is 2.37. The number of hydrazone groups is 1. The van der Waals surface area contributed by atoms with Crippen LogP contribution in [0.2, 0.25) is 0 Å². The molecule has 1 fully saturated rings. The van der Waals surface area contributed by atoms with Gasteiger partial charge in [0.2, 0.25) is 0 Å². The molecule has 0 bridgehead atoms. The summed E-state index contributed by atoms with van der Waals surface area (Å²) in [5.74, 6) is 1.14. The highest BCUT2D eigenvalue weighted by molar-refractivity contribution is 7.12. The molecule has 0 saturated heterocycles. The number of nitrogens with one attached hydrogen (secondary N) is 1. The van der Waals surface area contributed by atoms with E-state index in [1.165, 1.54) is 11.3 Å². The molecule has 3 rings (SSSR count). The Kier molecular flexibility index (Phi) is 2.36. The number of nitrogens with zero attached hydrogens (tertiary/aromatic N) is 1. The molecule has 2 aliphatic rings. The average Bonchev–Trinajstić information content (AvgIpc) is 2.88. The smallest absolute Gasteiger partial charge is 0.266 e. The van der Waals surface area contributed by atoms with Gasteiger partial charge in [0.05, 0.1) is 4.88 Å². The number of allylic oxidation sites excluding steroid dienone is 2. The zero-order valence-corrected chi connectivity index (χ0v) is 9.54. The second kappa shape index (κ2) is 3.87. The van der Waals surface area contributed by atoms with E-state index in [9.17, 15) is 4.79 Å². The molecule has 1 saturated carbocycles. The monoisotopic (exact) mass is 232 g/mol. The number of carbonyl (C=O) groups is 1. The van der Waals surface area contributed by atoms with Gasteiger partial charge in [-0.15, -0.1) is 11.3 Å². The molecule has 0 radical (unpaired) electrons. The molecule has 1 N–H and O–H groups in total. The first-order valence-electron chi connectivity index (χ1n) is 5.41. The summed E-state index contributed by atoms with van der Waals surface area (Å²) >= 11 is 1.43. The number of thiophene rings is 1. The minimum Gasteiger partial charge on any atom is -0.266 e. The summed E-state index contributed by atoms with van der Waals surface area (Å²) in [6, 6.07) is 3.67. The molecule has 1 heterocycles. The molecule has 1 amide bonds. The van der Waals surface area contributed by atoms with E-state index in [-0.39, 0.29) is 5.91 Å². The summed E-state index contributed by atoms with van der Waals surface area (Å²) in [5.41, 5.74) is 3.77. The Morgan fingerprint density at radius 2 is 2.50 bits per heavy atom. The van der Waals surface area contributed by atoms with E-state index in [4.69, 9.17) is 0 Å². The van der Waals surface area contributed by atoms with Gasteiger partial charge < -0.3 is 0 Å². The van der Waals surface area contributed by atoms with Gasteiger partial charge in [-0.1, -0.05) is 18.2 Å². The fourth-order valence-electron chi connectivity index (χ4n) is 2.25. The molecule has 2 aliphatic carbocycles. The second-order valence-corrected chi connectivity index (χ2v) is 5.11. The number of fused-ring (bicyclic) bond motifs is 1. The Balaban J connectivity index is 1.61. The van der Waals surface area contributed by atoms with E-state index in [0.29, 0.717) is 16.7 Å². The van der Waals surface area contributed by atoms with Crippen LogP contribution in [0.3, 0.4) is 0 Å². The van der Waals surface area contributed by atoms with E-state index in [1.807, 2.05) is 11.4 Å². The largest absolute Gasteiger partial charge is 0.281 e. The summed E-state index contributed by atoms with van der Waals surface area (Å²) < 4.78 is 0. The molecule has 2 atom stereocenters. The Hall–Kier alpha value is -1.42. The van der Waals surface area contributed by atoms with E-state index in [1.54, 1.807) is 6.07 Å². The fourth-order valence-corrected chi connectivity index (χ4v) is 2.86. The quantitative estimate of drug-likeness (QED) is 0.617. The van der Waals surface area contributed by atoms with Gasteiger partial charge in [-0.25, -0.2) is 5.43 Å². The van der Waals surface area contributed by atoms with Crippen LogP contribution >= 0.6 is 11.3 Å². The van der Waals surface area contributed by atoms with Crippen molar-refractivity contribution < 1.29 is 4.79 Å². The third-order valence-electron chi connectivity index (χ3n) is 3.21. The molecule has 0 spiro atoms. The third-order valence-corrected chi connectivity index (χ3v) is 4.08. The fraction of sp³-hybridized carbons (Fsp3) is 0.333. The van der Waals surface area contributed by atoms with E-state index < -0.39 is 0 Å². The van der Waals surface area contributed by atoms with Gasteiger partial charge in [0.1, 0.15) is 0 Å². The Labute approximate surface area is 97.9 Å². The van der Waals surface area contributed by atoms with Crippen LogP contribution in [0, 0.1) is 11.8 Å². The van der Waals surface area contributed by atoms with Crippen LogP contribution in [-0.2, 0) is 0 Å².